The smallest absolute Gasteiger partial charge is 0.124 e. The Morgan fingerprint density at radius 3 is 2.88 bits per heavy atom. The molecule has 1 aromatic rings. The number of benzene rings is 1. The summed E-state index contributed by atoms with van der Waals surface area (Å²) in [4.78, 5) is 0. The third-order valence-corrected chi connectivity index (χ3v) is 3.01. The van der Waals surface area contributed by atoms with Crippen molar-refractivity contribution in [1.82, 2.24) is 0 Å². The Morgan fingerprint density at radius 1 is 1.50 bits per heavy atom. The van der Waals surface area contributed by atoms with E-state index in [9.17, 15) is 9.50 Å². The predicted molar refractivity (Wildman–Crippen MR) is 64.9 cm³/mol. The standard InChI is InChI=1S/C12H16BrFO2/c1-2-16-6-5-11(15)7-9-3-4-10(14)8-12(9)13/h3-4,8,11,15H,2,5-7H2,1H3. The highest BCUT2D eigenvalue weighted by molar-refractivity contribution is 9.10. The molecule has 0 fully saturated rings. The molecule has 2 nitrogen and oxygen atoms in total. The Kier molecular flexibility index (Phi) is 5.95. The van der Waals surface area contributed by atoms with Gasteiger partial charge in [-0.25, -0.2) is 4.39 Å². The third kappa shape index (κ3) is 4.60. The van der Waals surface area contributed by atoms with Crippen molar-refractivity contribution >= 4 is 15.9 Å². The maximum Gasteiger partial charge on any atom is 0.124 e. The largest absolute Gasteiger partial charge is 0.393 e. The van der Waals surface area contributed by atoms with Crippen LogP contribution in [0.1, 0.15) is 18.9 Å². The van der Waals surface area contributed by atoms with E-state index in [1.54, 1.807) is 6.07 Å². The van der Waals surface area contributed by atoms with Crippen LogP contribution in [-0.4, -0.2) is 24.4 Å². The van der Waals surface area contributed by atoms with Crippen LogP contribution in [0.4, 0.5) is 4.39 Å². The lowest BCUT2D eigenvalue weighted by Gasteiger charge is -2.11. The molecule has 0 aliphatic rings. The minimum atomic E-state index is -0.451. The Hall–Kier alpha value is -0.450. The summed E-state index contributed by atoms with van der Waals surface area (Å²) < 4.78 is 18.7. The molecule has 1 aromatic carbocycles. The highest BCUT2D eigenvalue weighted by Crippen LogP contribution is 2.20. The van der Waals surface area contributed by atoms with Crippen molar-refractivity contribution in [2.75, 3.05) is 13.2 Å². The number of halogens is 2. The molecule has 0 aromatic heterocycles. The quantitative estimate of drug-likeness (QED) is 0.817. The summed E-state index contributed by atoms with van der Waals surface area (Å²) in [5, 5.41) is 9.73. The van der Waals surface area contributed by atoms with E-state index in [-0.39, 0.29) is 5.82 Å². The van der Waals surface area contributed by atoms with Crippen LogP contribution in [-0.2, 0) is 11.2 Å². The fourth-order valence-corrected chi connectivity index (χ4v) is 1.92. The summed E-state index contributed by atoms with van der Waals surface area (Å²) in [5.41, 5.74) is 0.908. The number of aliphatic hydroxyl groups is 1. The maximum atomic E-state index is 12.8. The lowest BCUT2D eigenvalue weighted by molar-refractivity contribution is 0.0886. The van der Waals surface area contributed by atoms with Crippen LogP contribution < -0.4 is 0 Å². The molecule has 16 heavy (non-hydrogen) atoms. The van der Waals surface area contributed by atoms with Crippen LogP contribution in [0, 0.1) is 5.82 Å². The molecule has 90 valence electrons. The molecule has 0 aliphatic heterocycles. The van der Waals surface area contributed by atoms with Gasteiger partial charge in [0.2, 0.25) is 0 Å². The summed E-state index contributed by atoms with van der Waals surface area (Å²) in [6, 6.07) is 4.49. The molecule has 0 bridgehead atoms. The first-order valence-corrected chi connectivity index (χ1v) is 6.12. The van der Waals surface area contributed by atoms with E-state index >= 15 is 0 Å². The molecule has 4 heteroatoms. The third-order valence-electron chi connectivity index (χ3n) is 2.27. The predicted octanol–water partition coefficient (Wildman–Crippen LogP) is 2.92. The van der Waals surface area contributed by atoms with Crippen molar-refractivity contribution in [3.8, 4) is 0 Å². The van der Waals surface area contributed by atoms with E-state index < -0.39 is 6.10 Å². The first-order valence-electron chi connectivity index (χ1n) is 5.33. The highest BCUT2D eigenvalue weighted by Gasteiger charge is 2.08. The van der Waals surface area contributed by atoms with Crippen LogP contribution in [0.3, 0.4) is 0 Å². The Labute approximate surface area is 104 Å². The van der Waals surface area contributed by atoms with Crippen molar-refractivity contribution in [3.05, 3.63) is 34.1 Å². The van der Waals surface area contributed by atoms with Crippen molar-refractivity contribution in [3.63, 3.8) is 0 Å². The second-order valence-corrected chi connectivity index (χ2v) is 4.43. The average Bonchev–Trinajstić information content (AvgIpc) is 2.23. The highest BCUT2D eigenvalue weighted by atomic mass is 79.9. The molecular formula is C12H16BrFO2. The zero-order valence-corrected chi connectivity index (χ0v) is 10.8. The van der Waals surface area contributed by atoms with Gasteiger partial charge in [-0.3, -0.25) is 0 Å². The van der Waals surface area contributed by atoms with Gasteiger partial charge in [0.25, 0.3) is 0 Å². The van der Waals surface area contributed by atoms with Gasteiger partial charge in [-0.05, 0) is 37.5 Å². The van der Waals surface area contributed by atoms with Crippen LogP contribution in [0.2, 0.25) is 0 Å². The maximum absolute atomic E-state index is 12.8. The molecule has 0 saturated heterocycles. The van der Waals surface area contributed by atoms with Gasteiger partial charge in [0.15, 0.2) is 0 Å². The number of hydrogen-bond acceptors (Lipinski definition) is 2. The molecule has 1 unspecified atom stereocenters. The summed E-state index contributed by atoms with van der Waals surface area (Å²) >= 11 is 3.28. The molecule has 0 aliphatic carbocycles. The fraction of sp³-hybridized carbons (Fsp3) is 0.500. The molecule has 0 radical (unpaired) electrons. The van der Waals surface area contributed by atoms with Gasteiger partial charge in [-0.15, -0.1) is 0 Å². The number of aliphatic hydroxyl groups excluding tert-OH is 1. The van der Waals surface area contributed by atoms with E-state index in [2.05, 4.69) is 15.9 Å². The van der Waals surface area contributed by atoms with Crippen LogP contribution >= 0.6 is 15.9 Å². The number of ether oxygens (including phenoxy) is 1. The van der Waals surface area contributed by atoms with Crippen LogP contribution in [0.15, 0.2) is 22.7 Å². The first kappa shape index (κ1) is 13.6. The van der Waals surface area contributed by atoms with Crippen LogP contribution in [0.25, 0.3) is 0 Å². The summed E-state index contributed by atoms with van der Waals surface area (Å²) in [7, 11) is 0. The number of rotatable bonds is 6. The molecule has 0 spiro atoms. The fourth-order valence-electron chi connectivity index (χ4n) is 1.41. The van der Waals surface area contributed by atoms with Crippen molar-refractivity contribution in [2.45, 2.75) is 25.9 Å². The molecule has 1 N–H and O–H groups in total. The van der Waals surface area contributed by atoms with E-state index in [0.717, 1.165) is 5.56 Å². The van der Waals surface area contributed by atoms with E-state index in [4.69, 9.17) is 4.74 Å². The Morgan fingerprint density at radius 2 is 2.25 bits per heavy atom. The lowest BCUT2D eigenvalue weighted by atomic mass is 10.1. The minimum Gasteiger partial charge on any atom is -0.393 e. The van der Waals surface area contributed by atoms with Crippen LogP contribution in [0.5, 0.6) is 0 Å². The molecule has 0 heterocycles. The molecule has 0 saturated carbocycles. The van der Waals surface area contributed by atoms with Gasteiger partial charge in [0.1, 0.15) is 5.82 Å². The van der Waals surface area contributed by atoms with Gasteiger partial charge < -0.3 is 9.84 Å². The van der Waals surface area contributed by atoms with E-state index in [0.29, 0.717) is 30.5 Å². The van der Waals surface area contributed by atoms with Gasteiger partial charge in [0.05, 0.1) is 6.10 Å². The van der Waals surface area contributed by atoms with E-state index in [1.807, 2.05) is 6.92 Å². The second-order valence-electron chi connectivity index (χ2n) is 3.58. The van der Waals surface area contributed by atoms with Gasteiger partial charge >= 0.3 is 0 Å². The zero-order valence-electron chi connectivity index (χ0n) is 9.25. The normalized spacial score (nSPS) is 12.8. The monoisotopic (exact) mass is 290 g/mol. The Balaban J connectivity index is 2.46. The second kappa shape index (κ2) is 6.99. The average molecular weight is 291 g/mol. The molecule has 0 amide bonds. The summed E-state index contributed by atoms with van der Waals surface area (Å²) in [6.45, 7) is 3.13. The van der Waals surface area contributed by atoms with Gasteiger partial charge in [0, 0.05) is 17.7 Å². The summed E-state index contributed by atoms with van der Waals surface area (Å²) in [6.07, 6.45) is 0.652. The van der Waals surface area contributed by atoms with E-state index in [1.165, 1.54) is 12.1 Å². The molecule has 1 atom stereocenters. The van der Waals surface area contributed by atoms with Gasteiger partial charge in [-0.1, -0.05) is 22.0 Å². The van der Waals surface area contributed by atoms with Crippen molar-refractivity contribution < 1.29 is 14.2 Å². The molecule has 1 rings (SSSR count). The number of hydrogen-bond donors (Lipinski definition) is 1. The van der Waals surface area contributed by atoms with Gasteiger partial charge in [-0.2, -0.15) is 0 Å². The lowest BCUT2D eigenvalue weighted by Crippen LogP contribution is -2.14. The Bertz CT molecular complexity index is 331. The minimum absolute atomic E-state index is 0.278. The first-order chi connectivity index (χ1) is 7.63. The molecular weight excluding hydrogens is 275 g/mol. The van der Waals surface area contributed by atoms with Crippen molar-refractivity contribution in [1.29, 1.82) is 0 Å². The summed E-state index contributed by atoms with van der Waals surface area (Å²) in [5.74, 6) is -0.278. The SMILES string of the molecule is CCOCCC(O)Cc1ccc(F)cc1Br. The van der Waals surface area contributed by atoms with Crippen molar-refractivity contribution in [2.24, 2.45) is 0 Å². The topological polar surface area (TPSA) is 29.5 Å². The zero-order chi connectivity index (χ0) is 12.0.